The molecule has 0 atom stereocenters. The monoisotopic (exact) mass is 401 g/mol. The number of guanidine groups is 1. The zero-order valence-electron chi connectivity index (χ0n) is 12.5. The molecule has 21 heavy (non-hydrogen) atoms. The molecule has 4 nitrogen and oxygen atoms in total. The predicted molar refractivity (Wildman–Crippen MR) is 96.4 cm³/mol. The number of halogens is 1. The lowest BCUT2D eigenvalue weighted by molar-refractivity contribution is 0.0671. The normalized spacial score (nSPS) is 26.0. The summed E-state index contributed by atoms with van der Waals surface area (Å²) in [5.41, 5.74) is 8.96. The Morgan fingerprint density at radius 3 is 2.57 bits per heavy atom. The molecule has 1 saturated carbocycles. The molecule has 3 rings (SSSR count). The molecule has 5 heteroatoms. The third-order valence-electron chi connectivity index (χ3n) is 4.39. The molecule has 1 aliphatic carbocycles. The topological polar surface area (TPSA) is 50.8 Å². The molecule has 2 fully saturated rings. The molecule has 2 N–H and O–H groups in total. The van der Waals surface area contributed by atoms with E-state index in [2.05, 4.69) is 41.1 Å². The van der Waals surface area contributed by atoms with Gasteiger partial charge >= 0.3 is 0 Å². The van der Waals surface area contributed by atoms with Crippen LogP contribution in [0.3, 0.4) is 0 Å². The Bertz CT molecular complexity index is 494. The molecule has 0 bridgehead atoms. The summed E-state index contributed by atoms with van der Waals surface area (Å²) < 4.78 is 5.33. The summed E-state index contributed by atoms with van der Waals surface area (Å²) in [5, 5.41) is 0. The van der Waals surface area contributed by atoms with Gasteiger partial charge in [-0.15, -0.1) is 24.0 Å². The minimum absolute atomic E-state index is 0. The molecule has 116 valence electrons. The molecule has 0 amide bonds. The Morgan fingerprint density at radius 1 is 1.24 bits per heavy atom. The maximum absolute atomic E-state index is 6.09. The van der Waals surface area contributed by atoms with Crippen molar-refractivity contribution in [1.82, 2.24) is 4.90 Å². The van der Waals surface area contributed by atoms with Crippen molar-refractivity contribution in [1.29, 1.82) is 0 Å². The van der Waals surface area contributed by atoms with Crippen molar-refractivity contribution in [3.8, 4) is 0 Å². The van der Waals surface area contributed by atoms with Gasteiger partial charge in [-0.1, -0.05) is 24.3 Å². The van der Waals surface area contributed by atoms with E-state index < -0.39 is 0 Å². The van der Waals surface area contributed by atoms with Crippen LogP contribution in [0.15, 0.2) is 29.3 Å². The Hall–Kier alpha value is -0.820. The van der Waals surface area contributed by atoms with Crippen molar-refractivity contribution in [2.24, 2.45) is 10.7 Å². The predicted octanol–water partition coefficient (Wildman–Crippen LogP) is 2.51. The van der Waals surface area contributed by atoms with E-state index >= 15 is 0 Å². The van der Waals surface area contributed by atoms with Crippen molar-refractivity contribution < 1.29 is 4.74 Å². The maximum Gasteiger partial charge on any atom is 0.191 e. The smallest absolute Gasteiger partial charge is 0.191 e. The highest BCUT2D eigenvalue weighted by Gasteiger charge is 2.31. The van der Waals surface area contributed by atoms with Crippen LogP contribution in [0.2, 0.25) is 0 Å². The molecule has 0 radical (unpaired) electrons. The van der Waals surface area contributed by atoms with Crippen LogP contribution in [0, 0.1) is 6.92 Å². The number of morpholine rings is 1. The van der Waals surface area contributed by atoms with Gasteiger partial charge in [-0.3, -0.25) is 0 Å². The van der Waals surface area contributed by atoms with Crippen LogP contribution in [0.1, 0.15) is 29.9 Å². The van der Waals surface area contributed by atoms with E-state index in [4.69, 9.17) is 10.5 Å². The quantitative estimate of drug-likeness (QED) is 0.471. The third kappa shape index (κ3) is 3.88. The van der Waals surface area contributed by atoms with Crippen LogP contribution >= 0.6 is 24.0 Å². The third-order valence-corrected chi connectivity index (χ3v) is 4.39. The minimum atomic E-state index is 0. The fourth-order valence-corrected chi connectivity index (χ4v) is 3.05. The second-order valence-corrected chi connectivity index (χ2v) is 5.77. The fraction of sp³-hybridized carbons (Fsp3) is 0.562. The average molecular weight is 401 g/mol. The van der Waals surface area contributed by atoms with Gasteiger partial charge in [-0.25, -0.2) is 4.99 Å². The van der Waals surface area contributed by atoms with Crippen molar-refractivity contribution in [3.63, 3.8) is 0 Å². The second kappa shape index (κ2) is 7.45. The summed E-state index contributed by atoms with van der Waals surface area (Å²) >= 11 is 0. The maximum atomic E-state index is 6.09. The van der Waals surface area contributed by atoms with Gasteiger partial charge in [0.15, 0.2) is 5.96 Å². The van der Waals surface area contributed by atoms with Crippen LogP contribution in [0.4, 0.5) is 0 Å². The van der Waals surface area contributed by atoms with Gasteiger partial charge in [0.2, 0.25) is 0 Å². The lowest BCUT2D eigenvalue weighted by atomic mass is 9.75. The van der Waals surface area contributed by atoms with Crippen molar-refractivity contribution in [2.75, 3.05) is 26.3 Å². The molecule has 1 aromatic rings. The number of hydrogen-bond donors (Lipinski definition) is 1. The number of rotatable bonds is 2. The van der Waals surface area contributed by atoms with Crippen molar-refractivity contribution in [3.05, 3.63) is 35.4 Å². The van der Waals surface area contributed by atoms with E-state index in [0.717, 1.165) is 39.1 Å². The van der Waals surface area contributed by atoms with E-state index in [1.54, 1.807) is 0 Å². The molecule has 0 unspecified atom stereocenters. The fourth-order valence-electron chi connectivity index (χ4n) is 3.05. The highest BCUT2D eigenvalue weighted by atomic mass is 127. The largest absolute Gasteiger partial charge is 0.378 e. The van der Waals surface area contributed by atoms with Gasteiger partial charge in [0.05, 0.1) is 19.3 Å². The van der Waals surface area contributed by atoms with E-state index in [-0.39, 0.29) is 24.0 Å². The van der Waals surface area contributed by atoms with Gasteiger partial charge in [-0.05, 0) is 36.8 Å². The van der Waals surface area contributed by atoms with Crippen LogP contribution < -0.4 is 5.73 Å². The first-order valence-electron chi connectivity index (χ1n) is 7.45. The zero-order valence-corrected chi connectivity index (χ0v) is 14.8. The molecule has 1 aliphatic heterocycles. The number of aliphatic imine (C=N–C) groups is 1. The van der Waals surface area contributed by atoms with E-state index in [1.807, 2.05) is 0 Å². The Labute approximate surface area is 143 Å². The molecule has 0 aromatic heterocycles. The average Bonchev–Trinajstić information content (AvgIpc) is 2.44. The molecule has 1 saturated heterocycles. The zero-order chi connectivity index (χ0) is 13.9. The van der Waals surface area contributed by atoms with Gasteiger partial charge in [0.25, 0.3) is 0 Å². The van der Waals surface area contributed by atoms with Gasteiger partial charge in [0, 0.05) is 13.1 Å². The van der Waals surface area contributed by atoms with Gasteiger partial charge < -0.3 is 15.4 Å². The summed E-state index contributed by atoms with van der Waals surface area (Å²) in [6, 6.07) is 9.05. The van der Waals surface area contributed by atoms with Crippen LogP contribution in [0.25, 0.3) is 0 Å². The summed E-state index contributed by atoms with van der Waals surface area (Å²) in [5.74, 6) is 1.35. The standard InChI is InChI=1S/C16H23N3O.HI/c1-12-4-2-3-5-15(12)13-10-14(11-13)18-16(17)19-6-8-20-9-7-19;/h2-5,13-14H,6-11H2,1H3,(H2,17,18);1H. The highest BCUT2D eigenvalue weighted by Crippen LogP contribution is 2.40. The summed E-state index contributed by atoms with van der Waals surface area (Å²) in [6.45, 7) is 5.43. The Morgan fingerprint density at radius 2 is 1.90 bits per heavy atom. The van der Waals surface area contributed by atoms with Crippen molar-refractivity contribution >= 4 is 29.9 Å². The van der Waals surface area contributed by atoms with Crippen LogP contribution in [0.5, 0.6) is 0 Å². The van der Waals surface area contributed by atoms with E-state index in [1.165, 1.54) is 11.1 Å². The van der Waals surface area contributed by atoms with Crippen molar-refractivity contribution in [2.45, 2.75) is 31.7 Å². The van der Waals surface area contributed by atoms with E-state index in [0.29, 0.717) is 17.9 Å². The van der Waals surface area contributed by atoms with Gasteiger partial charge in [0.1, 0.15) is 0 Å². The number of nitrogens with two attached hydrogens (primary N) is 1. The second-order valence-electron chi connectivity index (χ2n) is 5.77. The first-order valence-corrected chi connectivity index (χ1v) is 7.45. The SMILES string of the molecule is Cc1ccccc1C1CC(N=C(N)N2CCOCC2)C1.I. The highest BCUT2D eigenvalue weighted by molar-refractivity contribution is 14.0. The number of aryl methyl sites for hydroxylation is 1. The van der Waals surface area contributed by atoms with E-state index in [9.17, 15) is 0 Å². The Kier molecular flexibility index (Phi) is 5.87. The lowest BCUT2D eigenvalue weighted by Gasteiger charge is -2.35. The van der Waals surface area contributed by atoms with Gasteiger partial charge in [-0.2, -0.15) is 0 Å². The number of benzene rings is 1. The molecule has 2 aliphatic rings. The minimum Gasteiger partial charge on any atom is -0.378 e. The number of nitrogens with zero attached hydrogens (tertiary/aromatic N) is 2. The first-order chi connectivity index (χ1) is 9.74. The lowest BCUT2D eigenvalue weighted by Crippen LogP contribution is -2.46. The summed E-state index contributed by atoms with van der Waals surface area (Å²) in [4.78, 5) is 6.81. The van der Waals surface area contributed by atoms with Crippen LogP contribution in [-0.2, 0) is 4.74 Å². The molecule has 1 heterocycles. The first kappa shape index (κ1) is 16.5. The van der Waals surface area contributed by atoms with Crippen LogP contribution in [-0.4, -0.2) is 43.2 Å². The Balaban J connectivity index is 0.00000161. The summed E-state index contributed by atoms with van der Waals surface area (Å²) in [7, 11) is 0. The number of ether oxygens (including phenoxy) is 1. The molecular formula is C16H24IN3O. The molecular weight excluding hydrogens is 377 g/mol. The number of hydrogen-bond acceptors (Lipinski definition) is 2. The summed E-state index contributed by atoms with van der Waals surface area (Å²) in [6.07, 6.45) is 2.24. The molecule has 0 spiro atoms. The molecule has 1 aromatic carbocycles.